The van der Waals surface area contributed by atoms with Crippen molar-refractivity contribution in [1.29, 1.82) is 0 Å². The number of alkyl carbamates (subject to hydrolysis) is 1. The first-order valence-corrected chi connectivity index (χ1v) is 9.82. The summed E-state index contributed by atoms with van der Waals surface area (Å²) >= 11 is 0. The van der Waals surface area contributed by atoms with Crippen LogP contribution in [0.5, 0.6) is 5.75 Å². The number of carbonyl (C=O) groups is 1. The molecule has 0 aliphatic carbocycles. The second kappa shape index (κ2) is 8.14. The molecule has 3 aromatic rings. The molecule has 1 atom stereocenters. The molecule has 0 radical (unpaired) electrons. The Labute approximate surface area is 173 Å². The maximum absolute atomic E-state index is 14.5. The van der Waals surface area contributed by atoms with Crippen molar-refractivity contribution in [1.82, 2.24) is 15.3 Å². The number of rotatable bonds is 3. The normalized spacial score (nSPS) is 16.5. The number of hydrogen-bond acceptors (Lipinski definition) is 6. The van der Waals surface area contributed by atoms with Crippen LogP contribution in [0, 0.1) is 12.7 Å². The zero-order valence-electron chi connectivity index (χ0n) is 16.9. The topological polar surface area (TPSA) is 87.6 Å². The molecule has 1 aromatic heterocycles. The summed E-state index contributed by atoms with van der Waals surface area (Å²) in [5.41, 5.74) is 1.66. The Hall–Kier alpha value is -3.42. The van der Waals surface area contributed by atoms with E-state index in [1.54, 1.807) is 0 Å². The number of phenolic OH excluding ortho intramolecular Hbond substituents is 1. The standard InChI is InChI=1S/C22H23FN4O3/c1-13-8-9-15-17(11-13)25-20(19-16(23)6-3-7-18(19)28)26-21(15)27-10-4-5-14(12-27)24-22(29)30-2/h3,6-9,11,14,28H,4-5,10,12H2,1-2H3,(H,24,29)/t14-/m0/s1. The van der Waals surface area contributed by atoms with Gasteiger partial charge in [0.15, 0.2) is 5.82 Å². The van der Waals surface area contributed by atoms with Crippen molar-refractivity contribution in [2.75, 3.05) is 25.1 Å². The molecule has 7 nitrogen and oxygen atoms in total. The number of phenols is 1. The van der Waals surface area contributed by atoms with Crippen LogP contribution in [0.25, 0.3) is 22.3 Å². The second-order valence-electron chi connectivity index (χ2n) is 7.45. The van der Waals surface area contributed by atoms with Gasteiger partial charge < -0.3 is 20.1 Å². The number of nitrogens with one attached hydrogen (secondary N) is 1. The van der Waals surface area contributed by atoms with E-state index in [9.17, 15) is 14.3 Å². The van der Waals surface area contributed by atoms with Crippen molar-refractivity contribution in [2.24, 2.45) is 0 Å². The predicted molar refractivity (Wildman–Crippen MR) is 112 cm³/mol. The first-order chi connectivity index (χ1) is 14.5. The number of anilines is 1. The lowest BCUT2D eigenvalue weighted by atomic mass is 10.0. The highest BCUT2D eigenvalue weighted by molar-refractivity contribution is 5.92. The summed E-state index contributed by atoms with van der Waals surface area (Å²) in [5, 5.41) is 13.9. The summed E-state index contributed by atoms with van der Waals surface area (Å²) < 4.78 is 19.2. The molecule has 156 valence electrons. The summed E-state index contributed by atoms with van der Waals surface area (Å²) in [6.45, 7) is 3.23. The number of fused-ring (bicyclic) bond motifs is 1. The van der Waals surface area contributed by atoms with Crippen LogP contribution in [0.15, 0.2) is 36.4 Å². The van der Waals surface area contributed by atoms with Crippen molar-refractivity contribution in [3.63, 3.8) is 0 Å². The van der Waals surface area contributed by atoms with Crippen molar-refractivity contribution >= 4 is 22.8 Å². The third-order valence-electron chi connectivity index (χ3n) is 5.28. The minimum absolute atomic E-state index is 0.0246. The van der Waals surface area contributed by atoms with Crippen molar-refractivity contribution in [2.45, 2.75) is 25.8 Å². The summed E-state index contributed by atoms with van der Waals surface area (Å²) in [7, 11) is 1.34. The van der Waals surface area contributed by atoms with E-state index < -0.39 is 11.9 Å². The fourth-order valence-electron chi connectivity index (χ4n) is 3.82. The molecular weight excluding hydrogens is 387 g/mol. The van der Waals surface area contributed by atoms with Crippen LogP contribution in [0.2, 0.25) is 0 Å². The van der Waals surface area contributed by atoms with Crippen LogP contribution in [-0.4, -0.2) is 47.4 Å². The smallest absolute Gasteiger partial charge is 0.407 e. The van der Waals surface area contributed by atoms with Gasteiger partial charge in [0.2, 0.25) is 0 Å². The number of methoxy groups -OCH3 is 1. The molecular formula is C22H23FN4O3. The summed E-state index contributed by atoms with van der Waals surface area (Å²) in [6.07, 6.45) is 1.21. The largest absolute Gasteiger partial charge is 0.507 e. The van der Waals surface area contributed by atoms with E-state index in [1.807, 2.05) is 25.1 Å². The van der Waals surface area contributed by atoms with Gasteiger partial charge in [0.05, 0.1) is 18.2 Å². The van der Waals surface area contributed by atoms with E-state index >= 15 is 0 Å². The molecule has 2 aromatic carbocycles. The van der Waals surface area contributed by atoms with Gasteiger partial charge in [-0.05, 0) is 49.6 Å². The highest BCUT2D eigenvalue weighted by Gasteiger charge is 2.25. The van der Waals surface area contributed by atoms with Crippen LogP contribution in [0.4, 0.5) is 15.0 Å². The van der Waals surface area contributed by atoms with Gasteiger partial charge >= 0.3 is 6.09 Å². The van der Waals surface area contributed by atoms with Crippen LogP contribution < -0.4 is 10.2 Å². The first kappa shape index (κ1) is 19.9. The molecule has 1 aliphatic rings. The number of piperidine rings is 1. The Balaban J connectivity index is 1.81. The number of benzene rings is 2. The van der Waals surface area contributed by atoms with E-state index in [0.717, 1.165) is 30.3 Å². The number of nitrogens with zero attached hydrogens (tertiary/aromatic N) is 3. The Morgan fingerprint density at radius 1 is 1.30 bits per heavy atom. The van der Waals surface area contributed by atoms with Gasteiger partial charge in [-0.1, -0.05) is 12.1 Å². The Morgan fingerprint density at radius 3 is 2.90 bits per heavy atom. The predicted octanol–water partition coefficient (Wildman–Crippen LogP) is 3.77. The minimum Gasteiger partial charge on any atom is -0.507 e. The highest BCUT2D eigenvalue weighted by atomic mass is 19.1. The molecule has 1 aliphatic heterocycles. The molecule has 1 amide bonds. The number of amides is 1. The maximum Gasteiger partial charge on any atom is 0.407 e. The third kappa shape index (κ3) is 3.85. The molecule has 1 saturated heterocycles. The van der Waals surface area contributed by atoms with Gasteiger partial charge in [-0.25, -0.2) is 19.2 Å². The number of ether oxygens (including phenoxy) is 1. The Bertz CT molecular complexity index is 1080. The number of halogens is 1. The van der Waals surface area contributed by atoms with Gasteiger partial charge in [0.1, 0.15) is 17.4 Å². The van der Waals surface area contributed by atoms with E-state index in [-0.39, 0.29) is 23.2 Å². The number of hydrogen-bond donors (Lipinski definition) is 2. The zero-order valence-corrected chi connectivity index (χ0v) is 16.9. The van der Waals surface area contributed by atoms with Crippen molar-refractivity contribution < 1.29 is 19.0 Å². The van der Waals surface area contributed by atoms with E-state index in [1.165, 1.54) is 25.3 Å². The first-order valence-electron chi connectivity index (χ1n) is 9.82. The SMILES string of the molecule is COC(=O)N[C@H]1CCCN(c2nc(-c3c(O)cccc3F)nc3cc(C)ccc23)C1. The van der Waals surface area contributed by atoms with E-state index in [0.29, 0.717) is 17.9 Å². The molecule has 2 heterocycles. The Morgan fingerprint density at radius 2 is 2.13 bits per heavy atom. The van der Waals surface area contributed by atoms with Crippen LogP contribution >= 0.6 is 0 Å². The molecule has 8 heteroatoms. The molecule has 0 bridgehead atoms. The Kier molecular flexibility index (Phi) is 5.39. The van der Waals surface area contributed by atoms with Gasteiger partial charge in [-0.2, -0.15) is 0 Å². The van der Waals surface area contributed by atoms with Gasteiger partial charge in [0, 0.05) is 24.5 Å². The van der Waals surface area contributed by atoms with Gasteiger partial charge in [0.25, 0.3) is 0 Å². The zero-order chi connectivity index (χ0) is 21.3. The lowest BCUT2D eigenvalue weighted by Gasteiger charge is -2.34. The van der Waals surface area contributed by atoms with Crippen LogP contribution in [-0.2, 0) is 4.74 Å². The number of carbonyl (C=O) groups excluding carboxylic acids is 1. The summed E-state index contributed by atoms with van der Waals surface area (Å²) in [6, 6.07) is 9.87. The monoisotopic (exact) mass is 410 g/mol. The maximum atomic E-state index is 14.5. The summed E-state index contributed by atoms with van der Waals surface area (Å²) in [5.74, 6) is -0.0237. The number of aryl methyl sites for hydroxylation is 1. The van der Waals surface area contributed by atoms with E-state index in [2.05, 4.69) is 20.2 Å². The minimum atomic E-state index is -0.586. The van der Waals surface area contributed by atoms with Crippen LogP contribution in [0.1, 0.15) is 18.4 Å². The molecule has 1 fully saturated rings. The second-order valence-corrected chi connectivity index (χ2v) is 7.45. The molecule has 0 saturated carbocycles. The van der Waals surface area contributed by atoms with Gasteiger partial charge in [-0.15, -0.1) is 0 Å². The third-order valence-corrected chi connectivity index (χ3v) is 5.28. The number of aromatic hydroxyl groups is 1. The molecule has 0 spiro atoms. The average molecular weight is 410 g/mol. The van der Waals surface area contributed by atoms with Crippen LogP contribution in [0.3, 0.4) is 0 Å². The quantitative estimate of drug-likeness (QED) is 0.683. The molecule has 4 rings (SSSR count). The van der Waals surface area contributed by atoms with Crippen molar-refractivity contribution in [3.8, 4) is 17.1 Å². The fraction of sp³-hybridized carbons (Fsp3) is 0.318. The fourth-order valence-corrected chi connectivity index (χ4v) is 3.82. The van der Waals surface area contributed by atoms with Gasteiger partial charge in [-0.3, -0.25) is 0 Å². The van der Waals surface area contributed by atoms with E-state index in [4.69, 9.17) is 4.74 Å². The molecule has 2 N–H and O–H groups in total. The average Bonchev–Trinajstić information content (AvgIpc) is 2.73. The highest BCUT2D eigenvalue weighted by Crippen LogP contribution is 2.34. The lowest BCUT2D eigenvalue weighted by Crippen LogP contribution is -2.48. The molecule has 30 heavy (non-hydrogen) atoms. The number of aromatic nitrogens is 2. The lowest BCUT2D eigenvalue weighted by molar-refractivity contribution is 0.165. The van der Waals surface area contributed by atoms with Crippen molar-refractivity contribution in [3.05, 3.63) is 47.8 Å². The summed E-state index contributed by atoms with van der Waals surface area (Å²) in [4.78, 5) is 22.9. The molecule has 0 unspecified atom stereocenters.